The van der Waals surface area contributed by atoms with Gasteiger partial charge in [-0.05, 0) is 104 Å². The highest BCUT2D eigenvalue weighted by molar-refractivity contribution is 6.06. The van der Waals surface area contributed by atoms with Crippen molar-refractivity contribution in [1.82, 2.24) is 0 Å². The lowest BCUT2D eigenvalue weighted by Crippen LogP contribution is -2.62. The molecule has 1 aromatic rings. The van der Waals surface area contributed by atoms with Crippen LogP contribution in [0.15, 0.2) is 82.7 Å². The summed E-state index contributed by atoms with van der Waals surface area (Å²) in [5.74, 6) is -1.11. The van der Waals surface area contributed by atoms with E-state index in [1.165, 1.54) is 11.6 Å². The summed E-state index contributed by atoms with van der Waals surface area (Å²) in [6, 6.07) is 11.0. The standard InChI is InChI=1S/C41H47NO6/c1-26-29-12-13-32-39(4,30(29)23-31(43)35(26)45)17-19-41(6)33-24-38(3,15-14-37(33,2)16-18-40(32,41)5)36(46)48-21-20-47-34(44)22-28(25-42)27-10-8-7-9-11-27/h7-13,22-23,33,45H,14-21,24H2,1-6H3/b28-22+/t33-,37-,38-,39+,40-,41+/m1/s1. The number of rotatable bonds is 6. The van der Waals surface area contributed by atoms with Gasteiger partial charge in [0.15, 0.2) is 5.76 Å². The quantitative estimate of drug-likeness (QED) is 0.143. The van der Waals surface area contributed by atoms with E-state index in [1.807, 2.05) is 26.0 Å². The molecule has 5 aliphatic rings. The van der Waals surface area contributed by atoms with E-state index in [0.29, 0.717) is 11.1 Å². The molecule has 0 unspecified atom stereocenters. The molecule has 7 heteroatoms. The third-order valence-corrected chi connectivity index (χ3v) is 13.4. The van der Waals surface area contributed by atoms with Crippen LogP contribution in [0.2, 0.25) is 0 Å². The number of hydrogen-bond donors (Lipinski definition) is 1. The van der Waals surface area contributed by atoms with Gasteiger partial charge in [0.05, 0.1) is 11.0 Å². The summed E-state index contributed by atoms with van der Waals surface area (Å²) in [5.41, 5.74) is 3.75. The minimum Gasteiger partial charge on any atom is -0.504 e. The van der Waals surface area contributed by atoms with Gasteiger partial charge in [-0.15, -0.1) is 0 Å². The zero-order valence-electron chi connectivity index (χ0n) is 29.1. The van der Waals surface area contributed by atoms with Crippen LogP contribution in [0.3, 0.4) is 0 Å². The van der Waals surface area contributed by atoms with Crippen LogP contribution in [0.25, 0.3) is 5.57 Å². The Morgan fingerprint density at radius 1 is 0.958 bits per heavy atom. The van der Waals surface area contributed by atoms with Crippen molar-refractivity contribution in [1.29, 1.82) is 5.26 Å². The molecule has 7 nitrogen and oxygen atoms in total. The number of carbonyl (C=O) groups is 3. The van der Waals surface area contributed by atoms with E-state index < -0.39 is 11.4 Å². The Kier molecular flexibility index (Phi) is 8.26. The Morgan fingerprint density at radius 2 is 1.65 bits per heavy atom. The molecular formula is C41H47NO6. The molecule has 0 spiro atoms. The normalized spacial score (nSPS) is 35.8. The molecule has 1 N–H and O–H groups in total. The first-order valence-corrected chi connectivity index (χ1v) is 17.2. The lowest BCUT2D eigenvalue weighted by atomic mass is 9.34. The molecule has 0 aliphatic heterocycles. The average Bonchev–Trinajstić information content (AvgIpc) is 3.07. The number of esters is 2. The van der Waals surface area contributed by atoms with Crippen molar-refractivity contribution < 1.29 is 29.0 Å². The third-order valence-electron chi connectivity index (χ3n) is 13.4. The van der Waals surface area contributed by atoms with Crippen molar-refractivity contribution in [2.75, 3.05) is 13.2 Å². The second-order valence-electron chi connectivity index (χ2n) is 15.9. The van der Waals surface area contributed by atoms with Gasteiger partial charge in [0.25, 0.3) is 0 Å². The highest BCUT2D eigenvalue weighted by atomic mass is 16.6. The molecule has 0 saturated heterocycles. The van der Waals surface area contributed by atoms with E-state index in [2.05, 4.69) is 39.8 Å². The van der Waals surface area contributed by atoms with E-state index in [-0.39, 0.29) is 63.9 Å². The number of carbonyl (C=O) groups excluding carboxylic acids is 3. The molecule has 5 aliphatic carbocycles. The fourth-order valence-corrected chi connectivity index (χ4v) is 10.1. The van der Waals surface area contributed by atoms with E-state index in [9.17, 15) is 24.8 Å². The summed E-state index contributed by atoms with van der Waals surface area (Å²) in [7, 11) is 0. The van der Waals surface area contributed by atoms with E-state index in [4.69, 9.17) is 9.47 Å². The number of nitrogens with zero attached hydrogens (tertiary/aromatic N) is 1. The van der Waals surface area contributed by atoms with E-state index in [0.717, 1.165) is 56.1 Å². The molecule has 0 radical (unpaired) electrons. The van der Waals surface area contributed by atoms with Gasteiger partial charge < -0.3 is 14.6 Å². The van der Waals surface area contributed by atoms with Gasteiger partial charge >= 0.3 is 11.9 Å². The largest absolute Gasteiger partial charge is 0.504 e. The predicted molar refractivity (Wildman–Crippen MR) is 183 cm³/mol. The first kappa shape index (κ1) is 33.7. The van der Waals surface area contributed by atoms with Gasteiger partial charge in [-0.2, -0.15) is 5.26 Å². The van der Waals surface area contributed by atoms with Gasteiger partial charge in [0.1, 0.15) is 19.3 Å². The Bertz CT molecular complexity index is 1770. The van der Waals surface area contributed by atoms with Crippen molar-refractivity contribution in [3.05, 3.63) is 88.3 Å². The Morgan fingerprint density at radius 3 is 2.35 bits per heavy atom. The molecule has 6 atom stereocenters. The summed E-state index contributed by atoms with van der Waals surface area (Å²) in [5, 5.41) is 19.9. The van der Waals surface area contributed by atoms with Gasteiger partial charge in [0.2, 0.25) is 5.78 Å². The lowest BCUT2D eigenvalue weighted by molar-refractivity contribution is -0.183. The molecule has 0 aromatic heterocycles. The molecule has 3 fully saturated rings. The molecular weight excluding hydrogens is 602 g/mol. The highest BCUT2D eigenvalue weighted by Crippen LogP contribution is 2.75. The second-order valence-corrected chi connectivity index (χ2v) is 15.9. The van der Waals surface area contributed by atoms with Gasteiger partial charge in [-0.25, -0.2) is 4.79 Å². The molecule has 0 heterocycles. The molecule has 6 rings (SSSR count). The van der Waals surface area contributed by atoms with Gasteiger partial charge in [0, 0.05) is 17.1 Å². The maximum Gasteiger partial charge on any atom is 0.332 e. The number of allylic oxidation sites excluding steroid dienone is 8. The minimum atomic E-state index is -0.664. The number of aliphatic hydroxyl groups excluding tert-OH is 1. The number of nitriles is 1. The van der Waals surface area contributed by atoms with Gasteiger partial charge in [-0.3, -0.25) is 9.59 Å². The van der Waals surface area contributed by atoms with Crippen LogP contribution in [0.4, 0.5) is 0 Å². The van der Waals surface area contributed by atoms with Crippen LogP contribution < -0.4 is 0 Å². The smallest absolute Gasteiger partial charge is 0.332 e. The van der Waals surface area contributed by atoms with Crippen LogP contribution >= 0.6 is 0 Å². The monoisotopic (exact) mass is 649 g/mol. The predicted octanol–water partition coefficient (Wildman–Crippen LogP) is 8.31. The molecule has 48 heavy (non-hydrogen) atoms. The van der Waals surface area contributed by atoms with Crippen LogP contribution in [0, 0.1) is 44.3 Å². The minimum absolute atomic E-state index is 0.0463. The van der Waals surface area contributed by atoms with Crippen LogP contribution in [-0.2, 0) is 23.9 Å². The SMILES string of the molecule is CC1=C(O)C(=O)C=C2C1=CC=C1[C@@]2(C)CC[C@@]2(C)[C@@H]3C[C@](C)(C(=O)OCCOC(=O)/C=C(\C#N)c4ccccc4)CC[C@]3(C)CC[C@]12C. The van der Waals surface area contributed by atoms with Crippen molar-refractivity contribution in [3.63, 3.8) is 0 Å². The van der Waals surface area contributed by atoms with Crippen molar-refractivity contribution in [2.45, 2.75) is 86.5 Å². The summed E-state index contributed by atoms with van der Waals surface area (Å²) in [6.07, 6.45) is 13.6. The summed E-state index contributed by atoms with van der Waals surface area (Å²) >= 11 is 0. The number of fused-ring (bicyclic) bond motifs is 7. The number of ether oxygens (including phenoxy) is 2. The molecule has 0 amide bonds. The molecule has 3 saturated carbocycles. The molecule has 252 valence electrons. The maximum absolute atomic E-state index is 13.7. The number of benzene rings is 1. The van der Waals surface area contributed by atoms with Crippen molar-refractivity contribution >= 4 is 23.3 Å². The number of aliphatic hydroxyl groups is 1. The number of ketones is 1. The molecule has 1 aromatic carbocycles. The first-order chi connectivity index (χ1) is 22.6. The zero-order valence-corrected chi connectivity index (χ0v) is 29.1. The zero-order chi connectivity index (χ0) is 34.7. The van der Waals surface area contributed by atoms with Crippen LogP contribution in [-0.4, -0.2) is 36.0 Å². The highest BCUT2D eigenvalue weighted by Gasteiger charge is 2.67. The second kappa shape index (κ2) is 11.8. The lowest BCUT2D eigenvalue weighted by Gasteiger charge is -2.70. The van der Waals surface area contributed by atoms with Crippen molar-refractivity contribution in [2.24, 2.45) is 33.0 Å². The maximum atomic E-state index is 13.7. The average molecular weight is 650 g/mol. The van der Waals surface area contributed by atoms with Gasteiger partial charge in [-0.1, -0.05) is 75.8 Å². The Hall–Kier alpha value is -4.18. The van der Waals surface area contributed by atoms with Crippen LogP contribution in [0.1, 0.15) is 92.1 Å². The third kappa shape index (κ3) is 5.11. The fraction of sp³-hybridized carbons (Fsp3) is 0.512. The van der Waals surface area contributed by atoms with Crippen molar-refractivity contribution in [3.8, 4) is 6.07 Å². The Balaban J connectivity index is 1.17. The fourth-order valence-electron chi connectivity index (χ4n) is 10.1. The first-order valence-electron chi connectivity index (χ1n) is 17.2. The topological polar surface area (TPSA) is 114 Å². The number of hydrogen-bond acceptors (Lipinski definition) is 7. The summed E-state index contributed by atoms with van der Waals surface area (Å²) in [6.45, 7) is 13.2. The summed E-state index contributed by atoms with van der Waals surface area (Å²) < 4.78 is 11.1. The Labute approximate surface area is 284 Å². The van der Waals surface area contributed by atoms with E-state index >= 15 is 0 Å². The van der Waals surface area contributed by atoms with E-state index in [1.54, 1.807) is 30.3 Å². The molecule has 0 bridgehead atoms. The van der Waals surface area contributed by atoms with Crippen LogP contribution in [0.5, 0.6) is 0 Å². The summed E-state index contributed by atoms with van der Waals surface area (Å²) in [4.78, 5) is 38.9.